The van der Waals surface area contributed by atoms with Gasteiger partial charge in [-0.25, -0.2) is 0 Å². The first-order valence-corrected chi connectivity index (χ1v) is 8.92. The standard InChI is InChI=1S/C21H26N2O3/c1-4-16-6-8-17(9-7-16)15(3)23-20(24)14-22-21(25)18-10-12-19(13-11-18)26-5-2/h6-13,15H,4-5,14H2,1-3H3,(H,22,25)(H,23,24). The molecule has 2 aromatic rings. The minimum atomic E-state index is -0.289. The molecule has 138 valence electrons. The Labute approximate surface area is 154 Å². The number of nitrogens with one attached hydrogen (secondary N) is 2. The molecule has 0 saturated heterocycles. The molecule has 0 bridgehead atoms. The van der Waals surface area contributed by atoms with Crippen LogP contribution in [-0.4, -0.2) is 25.0 Å². The van der Waals surface area contributed by atoms with E-state index in [4.69, 9.17) is 4.74 Å². The van der Waals surface area contributed by atoms with Gasteiger partial charge in [0.05, 0.1) is 19.2 Å². The predicted molar refractivity (Wildman–Crippen MR) is 102 cm³/mol. The minimum Gasteiger partial charge on any atom is -0.494 e. The first-order chi connectivity index (χ1) is 12.5. The maximum Gasteiger partial charge on any atom is 0.251 e. The second-order valence-corrected chi connectivity index (χ2v) is 6.02. The van der Waals surface area contributed by atoms with Crippen LogP contribution in [0.5, 0.6) is 5.75 Å². The average molecular weight is 354 g/mol. The van der Waals surface area contributed by atoms with Crippen molar-refractivity contribution in [1.82, 2.24) is 10.6 Å². The lowest BCUT2D eigenvalue weighted by atomic mass is 10.1. The average Bonchev–Trinajstić information content (AvgIpc) is 2.67. The summed E-state index contributed by atoms with van der Waals surface area (Å²) in [6.07, 6.45) is 0.985. The van der Waals surface area contributed by atoms with E-state index in [-0.39, 0.29) is 24.4 Å². The molecular weight excluding hydrogens is 328 g/mol. The molecule has 5 nitrogen and oxygen atoms in total. The summed E-state index contributed by atoms with van der Waals surface area (Å²) < 4.78 is 5.34. The zero-order valence-corrected chi connectivity index (χ0v) is 15.5. The van der Waals surface area contributed by atoms with Crippen LogP contribution in [-0.2, 0) is 11.2 Å². The van der Waals surface area contributed by atoms with E-state index in [2.05, 4.69) is 29.7 Å². The fourth-order valence-corrected chi connectivity index (χ4v) is 2.55. The van der Waals surface area contributed by atoms with Crippen molar-refractivity contribution in [2.75, 3.05) is 13.2 Å². The molecule has 1 atom stereocenters. The Morgan fingerprint density at radius 1 is 1.00 bits per heavy atom. The normalized spacial score (nSPS) is 11.5. The van der Waals surface area contributed by atoms with Crippen LogP contribution in [0.2, 0.25) is 0 Å². The van der Waals surface area contributed by atoms with Crippen molar-refractivity contribution in [1.29, 1.82) is 0 Å². The van der Waals surface area contributed by atoms with Gasteiger partial charge in [0.1, 0.15) is 5.75 Å². The van der Waals surface area contributed by atoms with E-state index >= 15 is 0 Å². The third-order valence-electron chi connectivity index (χ3n) is 4.10. The molecule has 0 saturated carbocycles. The third kappa shape index (κ3) is 5.62. The van der Waals surface area contributed by atoms with Crippen LogP contribution in [0.3, 0.4) is 0 Å². The molecule has 0 aromatic heterocycles. The second kappa shape index (κ2) is 9.61. The summed E-state index contributed by atoms with van der Waals surface area (Å²) in [5.74, 6) is 0.198. The van der Waals surface area contributed by atoms with E-state index in [0.29, 0.717) is 17.9 Å². The Kier molecular flexibility index (Phi) is 7.21. The second-order valence-electron chi connectivity index (χ2n) is 6.02. The first kappa shape index (κ1) is 19.5. The molecule has 0 fully saturated rings. The first-order valence-electron chi connectivity index (χ1n) is 8.92. The molecule has 5 heteroatoms. The van der Waals surface area contributed by atoms with E-state index in [1.807, 2.05) is 26.0 Å². The molecule has 2 N–H and O–H groups in total. The van der Waals surface area contributed by atoms with E-state index in [0.717, 1.165) is 12.0 Å². The lowest BCUT2D eigenvalue weighted by molar-refractivity contribution is -0.120. The molecule has 0 aliphatic heterocycles. The summed E-state index contributed by atoms with van der Waals surface area (Å²) in [5, 5.41) is 5.53. The number of rotatable bonds is 8. The number of aryl methyl sites for hydroxylation is 1. The monoisotopic (exact) mass is 354 g/mol. The topological polar surface area (TPSA) is 67.4 Å². The quantitative estimate of drug-likeness (QED) is 0.765. The van der Waals surface area contributed by atoms with Crippen molar-refractivity contribution in [3.63, 3.8) is 0 Å². The summed E-state index contributed by atoms with van der Waals surface area (Å²) in [6.45, 7) is 6.44. The van der Waals surface area contributed by atoms with Crippen LogP contribution in [0.25, 0.3) is 0 Å². The summed E-state index contributed by atoms with van der Waals surface area (Å²) >= 11 is 0. The fourth-order valence-electron chi connectivity index (χ4n) is 2.55. The molecule has 0 spiro atoms. The van der Waals surface area contributed by atoms with Crippen molar-refractivity contribution in [2.24, 2.45) is 0 Å². The van der Waals surface area contributed by atoms with E-state index in [1.165, 1.54) is 5.56 Å². The summed E-state index contributed by atoms with van der Waals surface area (Å²) in [4.78, 5) is 24.2. The molecule has 2 amide bonds. The van der Waals surface area contributed by atoms with Gasteiger partial charge in [-0.15, -0.1) is 0 Å². The zero-order chi connectivity index (χ0) is 18.9. The highest BCUT2D eigenvalue weighted by atomic mass is 16.5. The van der Waals surface area contributed by atoms with Crippen LogP contribution in [0.4, 0.5) is 0 Å². The minimum absolute atomic E-state index is 0.0660. The SMILES string of the molecule is CCOc1ccc(C(=O)NCC(=O)NC(C)c2ccc(CC)cc2)cc1. The van der Waals surface area contributed by atoms with Gasteiger partial charge in [-0.1, -0.05) is 31.2 Å². The summed E-state index contributed by atoms with van der Waals surface area (Å²) in [6, 6.07) is 14.9. The Balaban J connectivity index is 1.82. The van der Waals surface area contributed by atoms with Gasteiger partial charge in [0, 0.05) is 5.56 Å². The van der Waals surface area contributed by atoms with Gasteiger partial charge in [0.2, 0.25) is 5.91 Å². The van der Waals surface area contributed by atoms with Crippen LogP contribution in [0.1, 0.15) is 48.3 Å². The number of benzene rings is 2. The number of ether oxygens (including phenoxy) is 1. The van der Waals surface area contributed by atoms with Gasteiger partial charge in [0.25, 0.3) is 5.91 Å². The number of hydrogen-bond acceptors (Lipinski definition) is 3. The Hall–Kier alpha value is -2.82. The molecule has 0 aliphatic carbocycles. The van der Waals surface area contributed by atoms with Gasteiger partial charge in [-0.3, -0.25) is 9.59 Å². The van der Waals surface area contributed by atoms with Crippen LogP contribution in [0.15, 0.2) is 48.5 Å². The molecular formula is C21H26N2O3. The predicted octanol–water partition coefficient (Wildman–Crippen LogP) is 3.25. The fraction of sp³-hybridized carbons (Fsp3) is 0.333. The van der Waals surface area contributed by atoms with E-state index in [1.54, 1.807) is 24.3 Å². The van der Waals surface area contributed by atoms with E-state index < -0.39 is 0 Å². The van der Waals surface area contributed by atoms with Crippen LogP contribution >= 0.6 is 0 Å². The molecule has 0 aliphatic rings. The molecule has 2 aromatic carbocycles. The Morgan fingerprint density at radius 3 is 2.23 bits per heavy atom. The van der Waals surface area contributed by atoms with Gasteiger partial charge in [0.15, 0.2) is 0 Å². The van der Waals surface area contributed by atoms with Crippen molar-refractivity contribution in [3.05, 3.63) is 65.2 Å². The maximum absolute atomic E-state index is 12.1. The van der Waals surface area contributed by atoms with Crippen molar-refractivity contribution in [3.8, 4) is 5.75 Å². The molecule has 26 heavy (non-hydrogen) atoms. The molecule has 1 unspecified atom stereocenters. The van der Waals surface area contributed by atoms with Crippen molar-refractivity contribution >= 4 is 11.8 Å². The van der Waals surface area contributed by atoms with Crippen molar-refractivity contribution < 1.29 is 14.3 Å². The molecule has 2 rings (SSSR count). The maximum atomic E-state index is 12.1. The third-order valence-corrected chi connectivity index (χ3v) is 4.10. The molecule has 0 heterocycles. The summed E-state index contributed by atoms with van der Waals surface area (Å²) in [5.41, 5.74) is 2.78. The number of hydrogen-bond donors (Lipinski definition) is 2. The lowest BCUT2D eigenvalue weighted by Gasteiger charge is -2.15. The highest BCUT2D eigenvalue weighted by molar-refractivity contribution is 5.96. The highest BCUT2D eigenvalue weighted by Gasteiger charge is 2.12. The number of carbonyl (C=O) groups excluding carboxylic acids is 2. The van der Waals surface area contributed by atoms with Gasteiger partial charge < -0.3 is 15.4 Å². The van der Waals surface area contributed by atoms with Crippen molar-refractivity contribution in [2.45, 2.75) is 33.2 Å². The smallest absolute Gasteiger partial charge is 0.251 e. The van der Waals surface area contributed by atoms with Crippen LogP contribution < -0.4 is 15.4 Å². The van der Waals surface area contributed by atoms with Crippen LogP contribution in [0, 0.1) is 0 Å². The summed E-state index contributed by atoms with van der Waals surface area (Å²) in [7, 11) is 0. The lowest BCUT2D eigenvalue weighted by Crippen LogP contribution is -2.38. The molecule has 0 radical (unpaired) electrons. The van der Waals surface area contributed by atoms with Gasteiger partial charge in [-0.05, 0) is 55.7 Å². The van der Waals surface area contributed by atoms with Gasteiger partial charge in [-0.2, -0.15) is 0 Å². The van der Waals surface area contributed by atoms with E-state index in [9.17, 15) is 9.59 Å². The Morgan fingerprint density at radius 2 is 1.65 bits per heavy atom. The Bertz CT molecular complexity index is 724. The zero-order valence-electron chi connectivity index (χ0n) is 15.5. The van der Waals surface area contributed by atoms with Gasteiger partial charge >= 0.3 is 0 Å². The number of amides is 2. The number of carbonyl (C=O) groups is 2. The highest BCUT2D eigenvalue weighted by Crippen LogP contribution is 2.14. The largest absolute Gasteiger partial charge is 0.494 e.